The van der Waals surface area contributed by atoms with Gasteiger partial charge in [-0.25, -0.2) is 0 Å². The number of aliphatic carboxylic acids is 1. The third-order valence-electron chi connectivity index (χ3n) is 5.68. The number of aromatic nitrogens is 2. The van der Waals surface area contributed by atoms with Crippen molar-refractivity contribution in [2.75, 3.05) is 13.1 Å². The number of hydrogen-bond donors (Lipinski definition) is 3. The van der Waals surface area contributed by atoms with E-state index in [1.165, 1.54) is 0 Å². The highest BCUT2D eigenvalue weighted by atomic mass is 16.4. The van der Waals surface area contributed by atoms with Crippen molar-refractivity contribution >= 4 is 17.8 Å². The van der Waals surface area contributed by atoms with Crippen molar-refractivity contribution in [2.45, 2.75) is 51.5 Å². The number of aryl methyl sites for hydroxylation is 2. The minimum absolute atomic E-state index is 0.0288. The number of carboxylic acid groups (broad SMARTS) is 1. The molecule has 8 heteroatoms. The fraction of sp³-hybridized carbons (Fsp3) is 0.647. The molecule has 25 heavy (non-hydrogen) atoms. The van der Waals surface area contributed by atoms with E-state index in [9.17, 15) is 19.5 Å². The first-order valence-electron chi connectivity index (χ1n) is 8.64. The molecular formula is C17H24N4O4. The summed E-state index contributed by atoms with van der Waals surface area (Å²) in [4.78, 5) is 37.3. The van der Waals surface area contributed by atoms with Crippen LogP contribution in [0.4, 0.5) is 0 Å². The van der Waals surface area contributed by atoms with Crippen LogP contribution in [0.3, 0.4) is 0 Å². The second-order valence-electron chi connectivity index (χ2n) is 7.10. The predicted molar refractivity (Wildman–Crippen MR) is 88.8 cm³/mol. The predicted octanol–water partition coefficient (Wildman–Crippen LogP) is 0.541. The maximum atomic E-state index is 12.5. The zero-order valence-corrected chi connectivity index (χ0v) is 14.6. The second-order valence-corrected chi connectivity index (χ2v) is 7.10. The SMILES string of the molecule is Cc1[nH]nc(CCC(=O)N2CCC3(CC2)NC(=O)CC3C(=O)O)c1C. The highest BCUT2D eigenvalue weighted by molar-refractivity contribution is 5.88. The van der Waals surface area contributed by atoms with Gasteiger partial charge in [-0.15, -0.1) is 0 Å². The van der Waals surface area contributed by atoms with Crippen LogP contribution in [0.25, 0.3) is 0 Å². The van der Waals surface area contributed by atoms with Gasteiger partial charge in [-0.1, -0.05) is 0 Å². The topological polar surface area (TPSA) is 115 Å². The van der Waals surface area contributed by atoms with Gasteiger partial charge in [0.15, 0.2) is 0 Å². The normalized spacial score (nSPS) is 22.2. The van der Waals surface area contributed by atoms with Crippen molar-refractivity contribution < 1.29 is 19.5 Å². The third-order valence-corrected chi connectivity index (χ3v) is 5.68. The van der Waals surface area contributed by atoms with Gasteiger partial charge in [0.05, 0.1) is 17.2 Å². The molecule has 3 rings (SSSR count). The fourth-order valence-corrected chi connectivity index (χ4v) is 3.91. The Labute approximate surface area is 146 Å². The monoisotopic (exact) mass is 348 g/mol. The summed E-state index contributed by atoms with van der Waals surface area (Å²) in [5.74, 6) is -1.81. The molecule has 2 amide bonds. The van der Waals surface area contributed by atoms with Gasteiger partial charge in [0.2, 0.25) is 11.8 Å². The molecule has 2 aliphatic heterocycles. The molecule has 2 aliphatic rings. The van der Waals surface area contributed by atoms with Crippen molar-refractivity contribution in [3.63, 3.8) is 0 Å². The van der Waals surface area contributed by atoms with E-state index in [4.69, 9.17) is 0 Å². The summed E-state index contributed by atoms with van der Waals surface area (Å²) in [7, 11) is 0. The number of likely N-dealkylation sites (tertiary alicyclic amines) is 1. The number of piperidine rings is 1. The van der Waals surface area contributed by atoms with Gasteiger partial charge in [0, 0.05) is 38.0 Å². The maximum absolute atomic E-state index is 12.5. The minimum Gasteiger partial charge on any atom is -0.481 e. The van der Waals surface area contributed by atoms with Crippen LogP contribution in [-0.4, -0.2) is 56.6 Å². The number of carbonyl (C=O) groups is 3. The Hall–Kier alpha value is -2.38. The minimum atomic E-state index is -0.942. The number of carboxylic acids is 1. The summed E-state index contributed by atoms with van der Waals surface area (Å²) < 4.78 is 0. The fourth-order valence-electron chi connectivity index (χ4n) is 3.91. The Morgan fingerprint density at radius 3 is 2.56 bits per heavy atom. The van der Waals surface area contributed by atoms with E-state index < -0.39 is 17.4 Å². The number of aromatic amines is 1. The smallest absolute Gasteiger partial charge is 0.309 e. The number of nitrogens with zero attached hydrogens (tertiary/aromatic N) is 2. The Kier molecular flexibility index (Phi) is 4.53. The van der Waals surface area contributed by atoms with Crippen molar-refractivity contribution in [1.29, 1.82) is 0 Å². The molecule has 1 unspecified atom stereocenters. The molecular weight excluding hydrogens is 324 g/mol. The molecule has 0 radical (unpaired) electrons. The van der Waals surface area contributed by atoms with Crippen molar-refractivity contribution in [3.05, 3.63) is 17.0 Å². The Bertz CT molecular complexity index is 704. The number of H-pyrrole nitrogens is 1. The van der Waals surface area contributed by atoms with Crippen molar-refractivity contribution in [2.24, 2.45) is 5.92 Å². The lowest BCUT2D eigenvalue weighted by atomic mass is 9.77. The number of carbonyl (C=O) groups excluding carboxylic acids is 2. The molecule has 0 aliphatic carbocycles. The molecule has 8 nitrogen and oxygen atoms in total. The molecule has 1 aromatic rings. The molecule has 0 aromatic carbocycles. The van der Waals surface area contributed by atoms with E-state index >= 15 is 0 Å². The van der Waals surface area contributed by atoms with E-state index in [1.54, 1.807) is 4.90 Å². The van der Waals surface area contributed by atoms with Crippen LogP contribution >= 0.6 is 0 Å². The van der Waals surface area contributed by atoms with E-state index in [-0.39, 0.29) is 18.2 Å². The average molecular weight is 348 g/mol. The second kappa shape index (κ2) is 6.50. The van der Waals surface area contributed by atoms with Gasteiger partial charge < -0.3 is 15.3 Å². The number of nitrogens with one attached hydrogen (secondary N) is 2. The Morgan fingerprint density at radius 1 is 1.32 bits per heavy atom. The molecule has 0 bridgehead atoms. The van der Waals surface area contributed by atoms with Crippen LogP contribution in [0, 0.1) is 19.8 Å². The molecule has 3 heterocycles. The van der Waals surface area contributed by atoms with Gasteiger partial charge in [-0.05, 0) is 32.3 Å². The van der Waals surface area contributed by atoms with Crippen LogP contribution in [0.1, 0.15) is 42.6 Å². The maximum Gasteiger partial charge on any atom is 0.309 e. The molecule has 1 atom stereocenters. The first kappa shape index (κ1) is 17.4. The zero-order valence-electron chi connectivity index (χ0n) is 14.6. The standard InChI is InChI=1S/C17H24N4O4/c1-10-11(2)19-20-13(10)3-4-15(23)21-7-5-17(6-8-21)12(16(24)25)9-14(22)18-17/h12H,3-9H2,1-2H3,(H,18,22)(H,19,20)(H,24,25). The largest absolute Gasteiger partial charge is 0.481 e. The van der Waals surface area contributed by atoms with Gasteiger partial charge in [0.1, 0.15) is 0 Å². The highest BCUT2D eigenvalue weighted by Crippen LogP contribution is 2.37. The first-order chi connectivity index (χ1) is 11.8. The molecule has 136 valence electrons. The van der Waals surface area contributed by atoms with Crippen LogP contribution in [0.5, 0.6) is 0 Å². The van der Waals surface area contributed by atoms with Gasteiger partial charge in [0.25, 0.3) is 0 Å². The van der Waals surface area contributed by atoms with E-state index in [1.807, 2.05) is 13.8 Å². The van der Waals surface area contributed by atoms with Gasteiger partial charge >= 0.3 is 5.97 Å². The Morgan fingerprint density at radius 2 is 2.00 bits per heavy atom. The van der Waals surface area contributed by atoms with E-state index in [0.29, 0.717) is 38.8 Å². The van der Waals surface area contributed by atoms with Gasteiger partial charge in [-0.2, -0.15) is 5.10 Å². The lowest BCUT2D eigenvalue weighted by molar-refractivity contribution is -0.145. The van der Waals surface area contributed by atoms with Crippen molar-refractivity contribution in [1.82, 2.24) is 20.4 Å². The molecule has 2 fully saturated rings. The number of amides is 2. The molecule has 1 spiro atoms. The van der Waals surface area contributed by atoms with Crippen LogP contribution in [0.15, 0.2) is 0 Å². The van der Waals surface area contributed by atoms with E-state index in [0.717, 1.165) is 17.0 Å². The third kappa shape index (κ3) is 3.25. The highest BCUT2D eigenvalue weighted by Gasteiger charge is 2.51. The average Bonchev–Trinajstić information content (AvgIpc) is 3.06. The Balaban J connectivity index is 1.56. The quantitative estimate of drug-likeness (QED) is 0.734. The van der Waals surface area contributed by atoms with Crippen LogP contribution in [-0.2, 0) is 20.8 Å². The van der Waals surface area contributed by atoms with Crippen LogP contribution in [0.2, 0.25) is 0 Å². The van der Waals surface area contributed by atoms with Crippen LogP contribution < -0.4 is 5.32 Å². The lowest BCUT2D eigenvalue weighted by Gasteiger charge is -2.41. The first-order valence-corrected chi connectivity index (χ1v) is 8.64. The van der Waals surface area contributed by atoms with E-state index in [2.05, 4.69) is 15.5 Å². The van der Waals surface area contributed by atoms with Gasteiger partial charge in [-0.3, -0.25) is 19.5 Å². The molecule has 1 aromatic heterocycles. The number of rotatable bonds is 4. The summed E-state index contributed by atoms with van der Waals surface area (Å²) >= 11 is 0. The summed E-state index contributed by atoms with van der Waals surface area (Å²) in [5, 5.41) is 19.4. The molecule has 2 saturated heterocycles. The summed E-state index contributed by atoms with van der Waals surface area (Å²) in [6, 6.07) is 0. The summed E-state index contributed by atoms with van der Waals surface area (Å²) in [6.07, 6.45) is 1.98. The summed E-state index contributed by atoms with van der Waals surface area (Å²) in [6.45, 7) is 4.88. The zero-order chi connectivity index (χ0) is 18.2. The summed E-state index contributed by atoms with van der Waals surface area (Å²) in [5.41, 5.74) is 2.31. The molecule has 3 N–H and O–H groups in total. The molecule has 0 saturated carbocycles. The lowest BCUT2D eigenvalue weighted by Crippen LogP contribution is -2.56. The van der Waals surface area contributed by atoms with Crippen molar-refractivity contribution in [3.8, 4) is 0 Å². The number of hydrogen-bond acceptors (Lipinski definition) is 4.